The van der Waals surface area contributed by atoms with E-state index in [0.717, 1.165) is 43.9 Å². The van der Waals surface area contributed by atoms with Gasteiger partial charge >= 0.3 is 5.97 Å². The fraction of sp³-hybridized carbons (Fsp3) is 0.500. The van der Waals surface area contributed by atoms with Crippen molar-refractivity contribution in [2.24, 2.45) is 0 Å². The highest BCUT2D eigenvalue weighted by Crippen LogP contribution is 2.35. The van der Waals surface area contributed by atoms with Crippen LogP contribution in [0.15, 0.2) is 4.79 Å². The predicted molar refractivity (Wildman–Crippen MR) is 96.8 cm³/mol. The van der Waals surface area contributed by atoms with Crippen LogP contribution in [-0.4, -0.2) is 56.3 Å². The average Bonchev–Trinajstić information content (AvgIpc) is 2.73. The minimum absolute atomic E-state index is 0.441. The summed E-state index contributed by atoms with van der Waals surface area (Å²) in [4.78, 5) is 32.9. The van der Waals surface area contributed by atoms with Crippen LogP contribution in [0, 0.1) is 6.92 Å². The van der Waals surface area contributed by atoms with Crippen LogP contribution in [0.4, 0.5) is 0 Å². The van der Waals surface area contributed by atoms with Crippen molar-refractivity contribution in [3.05, 3.63) is 33.0 Å². The Morgan fingerprint density at radius 3 is 2.73 bits per heavy atom. The molecular formula is C18H24N4O4. The first-order valence-electron chi connectivity index (χ1n) is 8.73. The third-order valence-electron chi connectivity index (χ3n) is 4.83. The zero-order chi connectivity index (χ0) is 19.0. The van der Waals surface area contributed by atoms with E-state index in [1.807, 2.05) is 21.0 Å². The Labute approximate surface area is 151 Å². The van der Waals surface area contributed by atoms with Gasteiger partial charge in [0, 0.05) is 17.8 Å². The number of H-pyrrole nitrogens is 1. The number of nitrogens with zero attached hydrogens (tertiary/aromatic N) is 3. The molecule has 2 aromatic heterocycles. The number of aryl methyl sites for hydroxylation is 1. The lowest BCUT2D eigenvalue weighted by Crippen LogP contribution is -2.20. The Morgan fingerprint density at radius 1 is 1.35 bits per heavy atom. The number of aromatic amines is 1. The zero-order valence-corrected chi connectivity index (χ0v) is 15.3. The molecule has 8 nitrogen and oxygen atoms in total. The van der Waals surface area contributed by atoms with Crippen LogP contribution in [0.2, 0.25) is 0 Å². The van der Waals surface area contributed by atoms with Crippen molar-refractivity contribution in [1.82, 2.24) is 19.4 Å². The van der Waals surface area contributed by atoms with E-state index >= 15 is 0 Å². The van der Waals surface area contributed by atoms with Crippen molar-refractivity contribution in [2.45, 2.75) is 39.2 Å². The minimum Gasteiger partial charge on any atom is -0.506 e. The summed E-state index contributed by atoms with van der Waals surface area (Å²) in [5.41, 5.74) is 1.16. The van der Waals surface area contributed by atoms with Crippen molar-refractivity contribution in [3.63, 3.8) is 0 Å². The maximum Gasteiger partial charge on any atom is 0.345 e. The summed E-state index contributed by atoms with van der Waals surface area (Å²) in [5.74, 6) is -1.02. The first kappa shape index (κ1) is 18.2. The van der Waals surface area contributed by atoms with Crippen molar-refractivity contribution in [2.75, 3.05) is 20.6 Å². The smallest absolute Gasteiger partial charge is 0.345 e. The van der Waals surface area contributed by atoms with Crippen molar-refractivity contribution < 1.29 is 15.0 Å². The number of hydrogen-bond acceptors (Lipinski definition) is 5. The van der Waals surface area contributed by atoms with Gasteiger partial charge < -0.3 is 24.7 Å². The summed E-state index contributed by atoms with van der Waals surface area (Å²) < 4.78 is 2.16. The van der Waals surface area contributed by atoms with Gasteiger partial charge in [0.25, 0.3) is 5.56 Å². The fourth-order valence-corrected chi connectivity index (χ4v) is 3.61. The van der Waals surface area contributed by atoms with E-state index in [4.69, 9.17) is 0 Å². The SMILES string of the molecule is Cc1nc2c(n1CCCN(C)C)CCCc1c-2[nH]c(=O)c(C(=O)O)c1O. The molecule has 0 saturated carbocycles. The number of aromatic hydroxyl groups is 1. The second kappa shape index (κ2) is 6.95. The van der Waals surface area contributed by atoms with Crippen molar-refractivity contribution in [3.8, 4) is 17.1 Å². The molecule has 0 spiro atoms. The van der Waals surface area contributed by atoms with Crippen LogP contribution < -0.4 is 5.56 Å². The number of aromatic nitrogens is 3. The molecule has 26 heavy (non-hydrogen) atoms. The molecule has 0 atom stereocenters. The molecule has 0 saturated heterocycles. The summed E-state index contributed by atoms with van der Waals surface area (Å²) in [7, 11) is 4.07. The fourth-order valence-electron chi connectivity index (χ4n) is 3.61. The summed E-state index contributed by atoms with van der Waals surface area (Å²) in [6.45, 7) is 3.71. The van der Waals surface area contributed by atoms with E-state index in [1.54, 1.807) is 0 Å². The number of imidazole rings is 1. The standard InChI is InChI=1S/C18H24N4O4/c1-10-19-15-12(22(10)9-5-8-21(2)3)7-4-6-11-14(15)20-17(24)13(16(11)23)18(25)26/h4-9H2,1-3H3,(H,25,26)(H2,20,23,24). The predicted octanol–water partition coefficient (Wildman–Crippen LogP) is 1.39. The van der Waals surface area contributed by atoms with E-state index in [-0.39, 0.29) is 0 Å². The second-order valence-electron chi connectivity index (χ2n) is 6.95. The quantitative estimate of drug-likeness (QED) is 0.743. The number of fused-ring (bicyclic) bond motifs is 3. The van der Waals surface area contributed by atoms with Gasteiger partial charge in [0.05, 0.1) is 5.69 Å². The largest absolute Gasteiger partial charge is 0.506 e. The average molecular weight is 360 g/mol. The number of carboxylic acids is 1. The van der Waals surface area contributed by atoms with Gasteiger partial charge in [0.2, 0.25) is 0 Å². The van der Waals surface area contributed by atoms with Gasteiger partial charge in [-0.1, -0.05) is 0 Å². The Bertz CT molecular complexity index is 911. The minimum atomic E-state index is -1.43. The van der Waals surface area contributed by atoms with Crippen LogP contribution >= 0.6 is 0 Å². The van der Waals surface area contributed by atoms with E-state index < -0.39 is 22.8 Å². The number of carbonyl (C=O) groups is 1. The van der Waals surface area contributed by atoms with Crippen LogP contribution in [0.3, 0.4) is 0 Å². The molecule has 3 rings (SSSR count). The van der Waals surface area contributed by atoms with Gasteiger partial charge in [-0.25, -0.2) is 9.78 Å². The highest BCUT2D eigenvalue weighted by Gasteiger charge is 2.28. The highest BCUT2D eigenvalue weighted by molar-refractivity contribution is 5.91. The maximum atomic E-state index is 12.2. The molecule has 2 heterocycles. The number of carboxylic acid groups (broad SMARTS) is 1. The van der Waals surface area contributed by atoms with Crippen molar-refractivity contribution >= 4 is 5.97 Å². The number of pyridine rings is 1. The summed E-state index contributed by atoms with van der Waals surface area (Å²) in [6, 6.07) is 0. The van der Waals surface area contributed by atoms with Gasteiger partial charge in [-0.2, -0.15) is 0 Å². The van der Waals surface area contributed by atoms with E-state index in [2.05, 4.69) is 19.4 Å². The number of hydrogen-bond donors (Lipinski definition) is 3. The van der Waals surface area contributed by atoms with Crippen LogP contribution in [-0.2, 0) is 19.4 Å². The third kappa shape index (κ3) is 3.12. The van der Waals surface area contributed by atoms with E-state index in [9.17, 15) is 19.8 Å². The van der Waals surface area contributed by atoms with E-state index in [0.29, 0.717) is 23.4 Å². The number of rotatable bonds is 5. The molecule has 8 heteroatoms. The Balaban J connectivity index is 2.10. The first-order valence-corrected chi connectivity index (χ1v) is 8.73. The normalized spacial score (nSPS) is 13.4. The van der Waals surface area contributed by atoms with E-state index in [1.165, 1.54) is 0 Å². The zero-order valence-electron chi connectivity index (χ0n) is 15.3. The molecule has 0 fully saturated rings. The molecule has 0 aromatic carbocycles. The van der Waals surface area contributed by atoms with Gasteiger partial charge in [0.1, 0.15) is 17.3 Å². The molecule has 2 aromatic rings. The summed E-state index contributed by atoms with van der Waals surface area (Å²) >= 11 is 0. The van der Waals surface area contributed by atoms with Crippen LogP contribution in [0.5, 0.6) is 5.75 Å². The Morgan fingerprint density at radius 2 is 2.08 bits per heavy atom. The molecule has 1 aliphatic carbocycles. The lowest BCUT2D eigenvalue weighted by molar-refractivity contribution is 0.0691. The van der Waals surface area contributed by atoms with Gasteiger partial charge in [-0.15, -0.1) is 0 Å². The first-order chi connectivity index (χ1) is 12.3. The third-order valence-corrected chi connectivity index (χ3v) is 4.83. The molecule has 140 valence electrons. The topological polar surface area (TPSA) is 111 Å². The van der Waals surface area contributed by atoms with Crippen molar-refractivity contribution in [1.29, 1.82) is 0 Å². The number of aromatic carboxylic acids is 1. The molecule has 0 radical (unpaired) electrons. The summed E-state index contributed by atoms with van der Waals surface area (Å²) in [6.07, 6.45) is 2.97. The maximum absolute atomic E-state index is 12.2. The van der Waals surface area contributed by atoms with Gasteiger partial charge in [0.15, 0.2) is 5.56 Å². The highest BCUT2D eigenvalue weighted by atomic mass is 16.4. The second-order valence-corrected chi connectivity index (χ2v) is 6.95. The summed E-state index contributed by atoms with van der Waals surface area (Å²) in [5, 5.41) is 19.6. The van der Waals surface area contributed by atoms with Crippen LogP contribution in [0.1, 0.15) is 40.3 Å². The lowest BCUT2D eigenvalue weighted by atomic mass is 10.0. The molecule has 3 N–H and O–H groups in total. The van der Waals surface area contributed by atoms with Gasteiger partial charge in [-0.3, -0.25) is 4.79 Å². The Hall–Kier alpha value is -2.61. The van der Waals surface area contributed by atoms with Crippen LogP contribution in [0.25, 0.3) is 11.4 Å². The molecule has 0 bridgehead atoms. The Kier molecular flexibility index (Phi) is 4.86. The van der Waals surface area contributed by atoms with Gasteiger partial charge in [-0.05, 0) is 53.2 Å². The lowest BCUT2D eigenvalue weighted by Gasteiger charge is -2.13. The molecule has 0 amide bonds. The molecular weight excluding hydrogens is 336 g/mol. The molecule has 0 aliphatic heterocycles. The number of nitrogens with one attached hydrogen (secondary N) is 1. The molecule has 1 aliphatic rings. The molecule has 0 unspecified atom stereocenters. The monoisotopic (exact) mass is 360 g/mol.